The van der Waals surface area contributed by atoms with Gasteiger partial charge in [-0.1, -0.05) is 24.3 Å². The summed E-state index contributed by atoms with van der Waals surface area (Å²) in [5.74, 6) is 0. The van der Waals surface area contributed by atoms with Gasteiger partial charge in [0.25, 0.3) is 6.43 Å². The number of rotatable bonds is 6. The van der Waals surface area contributed by atoms with Gasteiger partial charge in [0.1, 0.15) is 0 Å². The van der Waals surface area contributed by atoms with Crippen molar-refractivity contribution in [3.05, 3.63) is 59.7 Å². The lowest BCUT2D eigenvalue weighted by Crippen LogP contribution is -2.10. The molecule has 0 unspecified atom stereocenters. The summed E-state index contributed by atoms with van der Waals surface area (Å²) in [5, 5.41) is 3.15. The van der Waals surface area contributed by atoms with Gasteiger partial charge in [-0.15, -0.1) is 0 Å². The van der Waals surface area contributed by atoms with Crippen LogP contribution in [0.3, 0.4) is 0 Å². The van der Waals surface area contributed by atoms with E-state index in [1.807, 2.05) is 6.92 Å². The van der Waals surface area contributed by atoms with Gasteiger partial charge in [-0.3, -0.25) is 4.72 Å². The average Bonchev–Trinajstić information content (AvgIpc) is 2.46. The second-order valence-corrected chi connectivity index (χ2v) is 7.04. The third kappa shape index (κ3) is 5.21. The maximum absolute atomic E-state index is 12.7. The van der Waals surface area contributed by atoms with E-state index in [2.05, 4.69) is 10.0 Å². The molecule has 0 heterocycles. The first kappa shape index (κ1) is 17.2. The summed E-state index contributed by atoms with van der Waals surface area (Å²) in [6, 6.07) is 12.9. The van der Waals surface area contributed by atoms with Gasteiger partial charge in [-0.05, 0) is 36.8 Å². The zero-order valence-electron chi connectivity index (χ0n) is 12.8. The molecule has 124 valence electrons. The van der Waals surface area contributed by atoms with Crippen LogP contribution in [0.1, 0.15) is 30.5 Å². The molecule has 2 aromatic rings. The lowest BCUT2D eigenvalue weighted by atomic mass is 10.1. The molecule has 1 atom stereocenters. The van der Waals surface area contributed by atoms with Crippen LogP contribution in [0.5, 0.6) is 0 Å². The minimum absolute atomic E-state index is 0.0325. The maximum atomic E-state index is 12.7. The van der Waals surface area contributed by atoms with Gasteiger partial charge >= 0.3 is 0 Å². The number of benzene rings is 2. The van der Waals surface area contributed by atoms with Crippen LogP contribution in [0.15, 0.2) is 48.5 Å². The minimum Gasteiger partial charge on any atom is -0.379 e. The summed E-state index contributed by atoms with van der Waals surface area (Å²) in [5.41, 5.74) is 1.96. The van der Waals surface area contributed by atoms with Crippen molar-refractivity contribution in [2.75, 3.05) is 16.3 Å². The summed E-state index contributed by atoms with van der Waals surface area (Å²) >= 11 is 0. The molecule has 0 amide bonds. The highest BCUT2D eigenvalue weighted by Crippen LogP contribution is 2.25. The molecular formula is C16H18F2N2O2S. The maximum Gasteiger partial charge on any atom is 0.263 e. The zero-order valence-corrected chi connectivity index (χ0v) is 13.6. The highest BCUT2D eigenvalue weighted by molar-refractivity contribution is 7.92. The molecule has 0 aliphatic carbocycles. The van der Waals surface area contributed by atoms with E-state index < -0.39 is 16.4 Å². The molecule has 2 rings (SSSR count). The van der Waals surface area contributed by atoms with Crippen LogP contribution in [0.25, 0.3) is 0 Å². The van der Waals surface area contributed by atoms with E-state index in [0.29, 0.717) is 11.4 Å². The molecule has 2 N–H and O–H groups in total. The normalized spacial score (nSPS) is 12.9. The van der Waals surface area contributed by atoms with Crippen LogP contribution in [-0.4, -0.2) is 14.7 Å². The van der Waals surface area contributed by atoms with Crippen molar-refractivity contribution in [3.63, 3.8) is 0 Å². The van der Waals surface area contributed by atoms with E-state index >= 15 is 0 Å². The molecule has 0 aliphatic rings. The smallest absolute Gasteiger partial charge is 0.263 e. The van der Waals surface area contributed by atoms with E-state index in [0.717, 1.165) is 11.8 Å². The first-order valence-electron chi connectivity index (χ1n) is 6.97. The molecular weight excluding hydrogens is 322 g/mol. The Morgan fingerprint density at radius 3 is 2.17 bits per heavy atom. The molecule has 4 nitrogen and oxygen atoms in total. The quantitative estimate of drug-likeness (QED) is 0.830. The van der Waals surface area contributed by atoms with E-state index in [4.69, 9.17) is 0 Å². The van der Waals surface area contributed by atoms with Crippen LogP contribution in [0, 0.1) is 0 Å². The Labute approximate surface area is 134 Å². The number of hydrogen-bond acceptors (Lipinski definition) is 3. The summed E-state index contributed by atoms with van der Waals surface area (Å²) in [6.45, 7) is 1.90. The van der Waals surface area contributed by atoms with Gasteiger partial charge in [-0.25, -0.2) is 17.2 Å². The Morgan fingerprint density at radius 1 is 0.957 bits per heavy atom. The van der Waals surface area contributed by atoms with Crippen LogP contribution < -0.4 is 10.0 Å². The van der Waals surface area contributed by atoms with Crippen LogP contribution in [-0.2, 0) is 10.0 Å². The van der Waals surface area contributed by atoms with Gasteiger partial charge in [0, 0.05) is 23.0 Å². The number of alkyl halides is 2. The van der Waals surface area contributed by atoms with Crippen molar-refractivity contribution in [1.82, 2.24) is 0 Å². The molecule has 0 saturated heterocycles. The largest absolute Gasteiger partial charge is 0.379 e. The molecule has 0 saturated carbocycles. The number of halogens is 2. The molecule has 2 aromatic carbocycles. The van der Waals surface area contributed by atoms with Gasteiger partial charge < -0.3 is 5.32 Å². The molecule has 0 aromatic heterocycles. The second kappa shape index (κ2) is 6.95. The minimum atomic E-state index is -3.31. The van der Waals surface area contributed by atoms with E-state index in [-0.39, 0.29) is 11.6 Å². The van der Waals surface area contributed by atoms with Crippen molar-refractivity contribution >= 4 is 21.4 Å². The van der Waals surface area contributed by atoms with Gasteiger partial charge in [0.2, 0.25) is 10.0 Å². The molecule has 7 heteroatoms. The van der Waals surface area contributed by atoms with E-state index in [1.54, 1.807) is 36.4 Å². The first-order valence-corrected chi connectivity index (χ1v) is 8.86. The summed E-state index contributed by atoms with van der Waals surface area (Å²) < 4.78 is 50.1. The Bertz CT molecular complexity index is 762. The van der Waals surface area contributed by atoms with Gasteiger partial charge in [-0.2, -0.15) is 0 Å². The standard InChI is InChI=1S/C16H18F2N2O2S/c1-11(19-15-5-3-4-13(10-15)16(17)18)12-6-8-14(9-7-12)20-23(2,21)22/h3-11,16,19-20H,1-2H3/t11-/m1/s1. The van der Waals surface area contributed by atoms with E-state index in [1.165, 1.54) is 12.1 Å². The Morgan fingerprint density at radius 2 is 1.61 bits per heavy atom. The van der Waals surface area contributed by atoms with Crippen molar-refractivity contribution in [2.24, 2.45) is 0 Å². The number of hydrogen-bond donors (Lipinski definition) is 2. The monoisotopic (exact) mass is 340 g/mol. The fourth-order valence-corrected chi connectivity index (χ4v) is 2.72. The Balaban J connectivity index is 2.08. The summed E-state index contributed by atoms with van der Waals surface area (Å²) in [7, 11) is -3.31. The lowest BCUT2D eigenvalue weighted by Gasteiger charge is -2.17. The van der Waals surface area contributed by atoms with E-state index in [9.17, 15) is 17.2 Å². The zero-order chi connectivity index (χ0) is 17.0. The average molecular weight is 340 g/mol. The predicted molar refractivity (Wildman–Crippen MR) is 88.3 cm³/mol. The van der Waals surface area contributed by atoms with Crippen LogP contribution in [0.2, 0.25) is 0 Å². The third-order valence-electron chi connectivity index (χ3n) is 3.24. The van der Waals surface area contributed by atoms with Gasteiger partial charge in [0.15, 0.2) is 0 Å². The number of sulfonamides is 1. The molecule has 0 radical (unpaired) electrons. The molecule has 0 fully saturated rings. The molecule has 0 bridgehead atoms. The highest BCUT2D eigenvalue weighted by Gasteiger charge is 2.10. The molecule has 23 heavy (non-hydrogen) atoms. The van der Waals surface area contributed by atoms with Crippen LogP contribution in [0.4, 0.5) is 20.2 Å². The van der Waals surface area contributed by atoms with Crippen molar-refractivity contribution in [2.45, 2.75) is 19.4 Å². The number of anilines is 2. The summed E-state index contributed by atoms with van der Waals surface area (Å²) in [6.07, 6.45) is -1.42. The number of nitrogens with one attached hydrogen (secondary N) is 2. The van der Waals surface area contributed by atoms with Gasteiger partial charge in [0.05, 0.1) is 6.26 Å². The summed E-state index contributed by atoms with van der Waals surface area (Å²) in [4.78, 5) is 0. The van der Waals surface area contributed by atoms with Crippen LogP contribution >= 0.6 is 0 Å². The SMILES string of the molecule is C[C@@H](Nc1cccc(C(F)F)c1)c1ccc(NS(C)(=O)=O)cc1. The second-order valence-electron chi connectivity index (χ2n) is 5.29. The predicted octanol–water partition coefficient (Wildman–Crippen LogP) is 4.17. The fourth-order valence-electron chi connectivity index (χ4n) is 2.15. The topological polar surface area (TPSA) is 58.2 Å². The highest BCUT2D eigenvalue weighted by atomic mass is 32.2. The fraction of sp³-hybridized carbons (Fsp3) is 0.250. The Kier molecular flexibility index (Phi) is 5.20. The van der Waals surface area contributed by atoms with Crippen molar-refractivity contribution in [3.8, 4) is 0 Å². The first-order chi connectivity index (χ1) is 10.7. The lowest BCUT2D eigenvalue weighted by molar-refractivity contribution is 0.151. The van der Waals surface area contributed by atoms with Crippen molar-refractivity contribution in [1.29, 1.82) is 0 Å². The third-order valence-corrected chi connectivity index (χ3v) is 3.84. The van der Waals surface area contributed by atoms with Crippen molar-refractivity contribution < 1.29 is 17.2 Å². The Hall–Kier alpha value is -2.15. The molecule has 0 spiro atoms. The molecule has 0 aliphatic heterocycles.